The summed E-state index contributed by atoms with van der Waals surface area (Å²) in [6, 6.07) is 49.5. The molecule has 2 bridgehead atoms. The average molecular weight is 770 g/mol. The number of anilines is 2. The van der Waals surface area contributed by atoms with Crippen molar-refractivity contribution in [1.82, 2.24) is 9.97 Å². The Morgan fingerprint density at radius 2 is 1.26 bits per heavy atom. The normalized spacial score (nSPS) is 11.2. The summed E-state index contributed by atoms with van der Waals surface area (Å²) < 4.78 is 6.20. The molecule has 223 valence electrons. The Balaban J connectivity index is 0.000000220. The molecule has 0 saturated heterocycles. The number of hydrogen-bond donors (Lipinski definition) is 1. The van der Waals surface area contributed by atoms with Crippen LogP contribution in [-0.4, -0.2) is 9.97 Å². The second-order valence-corrected chi connectivity index (χ2v) is 11.0. The zero-order valence-electron chi connectivity index (χ0n) is 24.9. The molecule has 3 aromatic heterocycles. The molecule has 1 aliphatic rings. The van der Waals surface area contributed by atoms with Gasteiger partial charge in [-0.3, -0.25) is 0 Å². The van der Waals surface area contributed by atoms with Gasteiger partial charge in [-0.2, -0.15) is 0 Å². The van der Waals surface area contributed by atoms with Crippen LogP contribution in [0.3, 0.4) is 0 Å². The molecule has 0 aliphatic carbocycles. The fraction of sp³-hybridized carbons (Fsp3) is 0.0244. The Bertz CT molecular complexity index is 2260. The molecule has 9 rings (SSSR count). The van der Waals surface area contributed by atoms with Crippen LogP contribution in [0.15, 0.2) is 144 Å². The molecule has 5 heteroatoms. The largest absolute Gasteiger partial charge is 0.456 e. The molecule has 8 aromatic rings. The van der Waals surface area contributed by atoms with E-state index >= 15 is 0 Å². The summed E-state index contributed by atoms with van der Waals surface area (Å²) in [5.74, 6) is 0. The van der Waals surface area contributed by atoms with Gasteiger partial charge in [0.25, 0.3) is 0 Å². The molecule has 0 amide bonds. The number of pyridine rings is 2. The first-order valence-corrected chi connectivity index (χ1v) is 14.9. The summed E-state index contributed by atoms with van der Waals surface area (Å²) in [5.41, 5.74) is 13.8. The van der Waals surface area contributed by atoms with Crippen LogP contribution in [-0.2, 0) is 20.1 Å². The topological polar surface area (TPSA) is 51.0 Å². The number of nitrogens with zero attached hydrogens (tertiary/aromatic N) is 2. The van der Waals surface area contributed by atoms with Gasteiger partial charge in [0.2, 0.25) is 0 Å². The summed E-state index contributed by atoms with van der Waals surface area (Å²) in [4.78, 5) is 8.74. The zero-order valence-corrected chi connectivity index (χ0v) is 27.3. The number of rotatable bonds is 2. The van der Waals surface area contributed by atoms with Crippen LogP contribution < -0.4 is 5.32 Å². The summed E-state index contributed by atoms with van der Waals surface area (Å²) in [5, 5.41) is 5.95. The molecular formula is C41H27IrN3O-2. The van der Waals surface area contributed by atoms with Crippen LogP contribution in [0.5, 0.6) is 0 Å². The van der Waals surface area contributed by atoms with Gasteiger partial charge in [-0.1, -0.05) is 66.2 Å². The zero-order chi connectivity index (χ0) is 30.2. The Morgan fingerprint density at radius 3 is 1.98 bits per heavy atom. The second-order valence-electron chi connectivity index (χ2n) is 11.0. The number of furan rings is 1. The Hall–Kier alpha value is -5.35. The van der Waals surface area contributed by atoms with Crippen molar-refractivity contribution in [2.75, 3.05) is 5.32 Å². The van der Waals surface area contributed by atoms with Crippen molar-refractivity contribution in [1.29, 1.82) is 0 Å². The predicted molar refractivity (Wildman–Crippen MR) is 183 cm³/mol. The van der Waals surface area contributed by atoms with Gasteiger partial charge in [-0.15, -0.1) is 59.7 Å². The van der Waals surface area contributed by atoms with Crippen LogP contribution >= 0.6 is 0 Å². The molecule has 0 spiro atoms. The molecule has 1 N–H and O–H groups in total. The Morgan fingerprint density at radius 1 is 0.565 bits per heavy atom. The quantitative estimate of drug-likeness (QED) is 0.178. The SMILES string of the molecule is Cc1c2cccc1-c1cc3oc4ccccc4c3cc1Nc1c[c-]c(-c3ccccn3)cc1-2.[Ir].[c-]1ccccc1-c1ccccn1. The van der Waals surface area contributed by atoms with E-state index in [-0.39, 0.29) is 20.1 Å². The Labute approximate surface area is 281 Å². The standard InChI is InChI=1S/C30H19N2O.C11H8N.Ir/c1-18-20-8-6-9-21(18)24-17-30-25(22-7-2-3-11-29(22)33-30)16-28(24)32-27-13-12-19(15-23(20)27)26-10-4-5-14-31-26;1-2-6-10(7-3-1)11-8-4-5-9-12-11;/h2-11,13-17,32H,1H3;1-6,8-9H;/q2*-1;. The van der Waals surface area contributed by atoms with E-state index in [1.54, 1.807) is 6.20 Å². The van der Waals surface area contributed by atoms with Crippen molar-refractivity contribution >= 4 is 33.3 Å². The summed E-state index contributed by atoms with van der Waals surface area (Å²) in [6.45, 7) is 2.20. The number of aromatic nitrogens is 2. The summed E-state index contributed by atoms with van der Waals surface area (Å²) >= 11 is 0. The van der Waals surface area contributed by atoms with Gasteiger partial charge in [-0.05, 0) is 71.0 Å². The third kappa shape index (κ3) is 5.41. The van der Waals surface area contributed by atoms with Gasteiger partial charge in [0, 0.05) is 54.5 Å². The minimum absolute atomic E-state index is 0. The average Bonchev–Trinajstić information content (AvgIpc) is 3.47. The maximum Gasteiger partial charge on any atom is 0.136 e. The van der Waals surface area contributed by atoms with E-state index in [0.29, 0.717) is 0 Å². The van der Waals surface area contributed by atoms with Gasteiger partial charge in [-0.25, -0.2) is 0 Å². The number of nitrogens with one attached hydrogen (secondary N) is 1. The molecule has 0 fully saturated rings. The van der Waals surface area contributed by atoms with Gasteiger partial charge in [0.1, 0.15) is 11.2 Å². The fourth-order valence-corrected chi connectivity index (χ4v) is 6.02. The first kappa shape index (κ1) is 29.4. The van der Waals surface area contributed by atoms with Crippen molar-refractivity contribution < 1.29 is 24.5 Å². The van der Waals surface area contributed by atoms with E-state index < -0.39 is 0 Å². The van der Waals surface area contributed by atoms with Gasteiger partial charge in [0.05, 0.1) is 0 Å². The third-order valence-electron chi connectivity index (χ3n) is 8.24. The van der Waals surface area contributed by atoms with E-state index in [0.717, 1.165) is 67.0 Å². The molecule has 0 unspecified atom stereocenters. The minimum Gasteiger partial charge on any atom is -0.456 e. The van der Waals surface area contributed by atoms with Crippen molar-refractivity contribution in [3.05, 3.63) is 157 Å². The Kier molecular flexibility index (Phi) is 8.02. The smallest absolute Gasteiger partial charge is 0.136 e. The minimum atomic E-state index is 0. The van der Waals surface area contributed by atoms with Gasteiger partial charge >= 0.3 is 0 Å². The van der Waals surface area contributed by atoms with Crippen LogP contribution in [0.2, 0.25) is 0 Å². The molecule has 0 saturated carbocycles. The van der Waals surface area contributed by atoms with Crippen LogP contribution in [0, 0.1) is 19.1 Å². The van der Waals surface area contributed by atoms with Crippen molar-refractivity contribution in [2.45, 2.75) is 6.92 Å². The van der Waals surface area contributed by atoms with Gasteiger partial charge in [0.15, 0.2) is 0 Å². The monoisotopic (exact) mass is 770 g/mol. The third-order valence-corrected chi connectivity index (χ3v) is 8.24. The summed E-state index contributed by atoms with van der Waals surface area (Å²) in [6.07, 6.45) is 3.61. The summed E-state index contributed by atoms with van der Waals surface area (Å²) in [7, 11) is 0. The number of hydrogen-bond acceptors (Lipinski definition) is 4. The van der Waals surface area contributed by atoms with Crippen molar-refractivity contribution in [3.8, 4) is 44.8 Å². The van der Waals surface area contributed by atoms with E-state index in [4.69, 9.17) is 4.42 Å². The number of benzene rings is 5. The van der Waals surface area contributed by atoms with Crippen LogP contribution in [0.25, 0.3) is 66.7 Å². The first-order chi connectivity index (χ1) is 22.2. The molecule has 0 atom stereocenters. The van der Waals surface area contributed by atoms with E-state index in [2.05, 4.69) is 82.9 Å². The van der Waals surface area contributed by atoms with Crippen LogP contribution in [0.1, 0.15) is 5.56 Å². The van der Waals surface area contributed by atoms with Crippen molar-refractivity contribution in [2.24, 2.45) is 0 Å². The molecule has 1 aliphatic heterocycles. The van der Waals surface area contributed by atoms with E-state index in [1.807, 2.05) is 85.1 Å². The fourth-order valence-electron chi connectivity index (χ4n) is 6.02. The molecule has 4 nitrogen and oxygen atoms in total. The number of fused-ring (bicyclic) bond motifs is 9. The molecular weight excluding hydrogens is 743 g/mol. The molecule has 5 aromatic carbocycles. The molecule has 1 radical (unpaired) electrons. The van der Waals surface area contributed by atoms with Crippen LogP contribution in [0.4, 0.5) is 11.4 Å². The molecule has 4 heterocycles. The maximum absolute atomic E-state index is 6.20. The second kappa shape index (κ2) is 12.6. The van der Waals surface area contributed by atoms with Crippen molar-refractivity contribution in [3.63, 3.8) is 0 Å². The maximum atomic E-state index is 6.20. The number of para-hydroxylation sites is 1. The first-order valence-electron chi connectivity index (χ1n) is 14.9. The molecule has 46 heavy (non-hydrogen) atoms. The van der Waals surface area contributed by atoms with E-state index in [1.165, 1.54) is 16.7 Å². The van der Waals surface area contributed by atoms with Gasteiger partial charge < -0.3 is 19.7 Å². The van der Waals surface area contributed by atoms with E-state index in [9.17, 15) is 0 Å². The predicted octanol–water partition coefficient (Wildman–Crippen LogP) is 10.7.